The molecule has 0 bridgehead atoms. The number of carbonyl (C=O) groups excluding carboxylic acids is 3. The molecule has 0 aliphatic carbocycles. The zero-order valence-corrected chi connectivity index (χ0v) is 20.1. The van der Waals surface area contributed by atoms with Crippen molar-refractivity contribution in [3.63, 3.8) is 0 Å². The smallest absolute Gasteiger partial charge is 0.303 e. The lowest BCUT2D eigenvalue weighted by Crippen LogP contribution is -2.55. The van der Waals surface area contributed by atoms with Gasteiger partial charge < -0.3 is 23.4 Å². The van der Waals surface area contributed by atoms with Crippen molar-refractivity contribution < 1.29 is 37.7 Å². The molecule has 2 aromatic rings. The van der Waals surface area contributed by atoms with Crippen LogP contribution in [-0.2, 0) is 28.6 Å². The number of halogens is 1. The summed E-state index contributed by atoms with van der Waals surface area (Å²) in [6, 6.07) is 4.71. The molecule has 1 aromatic carbocycles. The van der Waals surface area contributed by atoms with Crippen LogP contribution in [0.2, 0.25) is 0 Å². The number of thioether (sulfide) groups is 1. The maximum Gasteiger partial charge on any atom is 0.303 e. The fourth-order valence-electron chi connectivity index (χ4n) is 3.28. The molecule has 0 N–H and O–H groups in total. The second kappa shape index (κ2) is 9.95. The number of hydrogen-bond donors (Lipinski definition) is 0. The molecule has 3 rings (SSSR count). The van der Waals surface area contributed by atoms with Crippen molar-refractivity contribution in [2.24, 2.45) is 0 Å². The zero-order chi connectivity index (χ0) is 23.6. The maximum absolute atomic E-state index is 12.4. The number of rotatable bonds is 5. The molecule has 172 valence electrons. The van der Waals surface area contributed by atoms with E-state index in [9.17, 15) is 19.2 Å². The number of ether oxygens (including phenoxy) is 4. The van der Waals surface area contributed by atoms with Crippen molar-refractivity contribution >= 4 is 56.6 Å². The highest BCUT2D eigenvalue weighted by atomic mass is 79.9. The molecule has 9 nitrogen and oxygen atoms in total. The Kier molecular flexibility index (Phi) is 7.50. The van der Waals surface area contributed by atoms with Gasteiger partial charge in [0.2, 0.25) is 5.43 Å². The normalized spacial score (nSPS) is 22.8. The Morgan fingerprint density at radius 1 is 1.03 bits per heavy atom. The van der Waals surface area contributed by atoms with Gasteiger partial charge in [0.15, 0.2) is 23.7 Å². The van der Waals surface area contributed by atoms with E-state index in [-0.39, 0.29) is 11.2 Å². The highest BCUT2D eigenvalue weighted by molar-refractivity contribution is 9.10. The summed E-state index contributed by atoms with van der Waals surface area (Å²) in [6.07, 6.45) is -2.92. The van der Waals surface area contributed by atoms with Gasteiger partial charge in [0.25, 0.3) is 0 Å². The lowest BCUT2D eigenvalue weighted by atomic mass is 10.1. The highest BCUT2D eigenvalue weighted by Gasteiger charge is 2.47. The van der Waals surface area contributed by atoms with Gasteiger partial charge in [0.05, 0.1) is 5.39 Å². The molecule has 0 unspecified atom stereocenters. The number of aryl methyl sites for hydroxylation is 1. The van der Waals surface area contributed by atoms with Gasteiger partial charge in [-0.2, -0.15) is 0 Å². The molecule has 0 saturated carbocycles. The van der Waals surface area contributed by atoms with Crippen molar-refractivity contribution in [2.45, 2.75) is 51.4 Å². The molecule has 2 heterocycles. The summed E-state index contributed by atoms with van der Waals surface area (Å²) < 4.78 is 28.1. The first-order valence-electron chi connectivity index (χ1n) is 9.59. The third kappa shape index (κ3) is 5.44. The van der Waals surface area contributed by atoms with Crippen molar-refractivity contribution in [3.05, 3.63) is 38.7 Å². The molecule has 4 atom stereocenters. The number of esters is 3. The first-order chi connectivity index (χ1) is 15.1. The van der Waals surface area contributed by atoms with Gasteiger partial charge in [-0.05, 0) is 35.0 Å². The topological polar surface area (TPSA) is 118 Å². The fourth-order valence-corrected chi connectivity index (χ4v) is 4.79. The molecule has 1 fully saturated rings. The van der Waals surface area contributed by atoms with Crippen LogP contribution in [-0.4, -0.2) is 47.4 Å². The Bertz CT molecular complexity index is 1110. The quantitative estimate of drug-likeness (QED) is 0.422. The number of hydrogen-bond acceptors (Lipinski definition) is 10. The maximum atomic E-state index is 12.4. The first kappa shape index (κ1) is 24.1. The van der Waals surface area contributed by atoms with Crippen molar-refractivity contribution in [1.82, 2.24) is 0 Å². The molecule has 1 aliphatic rings. The van der Waals surface area contributed by atoms with E-state index < -0.39 is 41.7 Å². The van der Waals surface area contributed by atoms with Gasteiger partial charge >= 0.3 is 17.9 Å². The monoisotopic (exact) mass is 528 g/mol. The third-order valence-corrected chi connectivity index (χ3v) is 6.66. The summed E-state index contributed by atoms with van der Waals surface area (Å²) in [5, 5.41) is 0.371. The van der Waals surface area contributed by atoms with E-state index in [0.29, 0.717) is 27.0 Å². The second-order valence-corrected chi connectivity index (χ2v) is 9.00. The van der Waals surface area contributed by atoms with E-state index >= 15 is 0 Å². The summed E-state index contributed by atoms with van der Waals surface area (Å²) >= 11 is 4.45. The van der Waals surface area contributed by atoms with Crippen LogP contribution in [0.3, 0.4) is 0 Å². The van der Waals surface area contributed by atoms with Crippen LogP contribution in [0.15, 0.2) is 31.9 Å². The predicted molar refractivity (Wildman–Crippen MR) is 118 cm³/mol. The Morgan fingerprint density at radius 2 is 1.66 bits per heavy atom. The second-order valence-electron chi connectivity index (χ2n) is 7.07. The number of benzene rings is 1. The SMILES string of the molecule is CC(=O)O[C@@H]1[C@@H](OC(C)=O)[C@H](OC(C)=O)CS[C@H]1Oc1ccc2c(=O)c(Br)c(C)oc2c1. The molecule has 0 spiro atoms. The van der Waals surface area contributed by atoms with Crippen LogP contribution >= 0.6 is 27.7 Å². The fraction of sp³-hybridized carbons (Fsp3) is 0.429. The minimum atomic E-state index is -1.05. The van der Waals surface area contributed by atoms with E-state index in [1.807, 2.05) is 0 Å². The summed E-state index contributed by atoms with van der Waals surface area (Å²) in [7, 11) is 0. The zero-order valence-electron chi connectivity index (χ0n) is 17.7. The van der Waals surface area contributed by atoms with Crippen LogP contribution in [0.25, 0.3) is 11.0 Å². The molecule has 1 aromatic heterocycles. The molecule has 1 saturated heterocycles. The molecule has 32 heavy (non-hydrogen) atoms. The van der Waals surface area contributed by atoms with E-state index in [1.165, 1.54) is 32.5 Å². The van der Waals surface area contributed by atoms with Crippen LogP contribution in [0.5, 0.6) is 5.75 Å². The summed E-state index contributed by atoms with van der Waals surface area (Å²) in [5.41, 5.74) is -0.664. The van der Waals surface area contributed by atoms with Crippen LogP contribution in [0.4, 0.5) is 0 Å². The molecule has 0 amide bonds. The summed E-state index contributed by atoms with van der Waals surface area (Å²) in [5.74, 6) is -0.777. The summed E-state index contributed by atoms with van der Waals surface area (Å²) in [6.45, 7) is 5.32. The van der Waals surface area contributed by atoms with Crippen LogP contribution in [0.1, 0.15) is 26.5 Å². The molecule has 0 radical (unpaired) electrons. The number of carbonyl (C=O) groups is 3. The predicted octanol–water partition coefficient (Wildman–Crippen LogP) is 3.11. The summed E-state index contributed by atoms with van der Waals surface area (Å²) in [4.78, 5) is 47.3. The first-order valence-corrected chi connectivity index (χ1v) is 11.4. The lowest BCUT2D eigenvalue weighted by molar-refractivity contribution is -0.186. The van der Waals surface area contributed by atoms with Crippen LogP contribution < -0.4 is 10.2 Å². The molecular weight excluding hydrogens is 508 g/mol. The minimum Gasteiger partial charge on any atom is -0.476 e. The van der Waals surface area contributed by atoms with Gasteiger partial charge in [-0.3, -0.25) is 19.2 Å². The van der Waals surface area contributed by atoms with Gasteiger partial charge in [0, 0.05) is 32.6 Å². The average molecular weight is 529 g/mol. The van der Waals surface area contributed by atoms with Crippen LogP contribution in [0, 0.1) is 6.92 Å². The standard InChI is InChI=1S/C21H21BrO9S/c1-9-17(22)18(26)14-6-5-13(7-15(14)27-9)31-21-20(30-12(4)25)19(29-11(3)24)16(8-32-21)28-10(2)23/h5-7,16,19-21H,8H2,1-4H3/t16-,19+,20-,21-/m1/s1. The van der Waals surface area contributed by atoms with E-state index in [4.69, 9.17) is 23.4 Å². The average Bonchev–Trinajstić information content (AvgIpc) is 2.69. The number of fused-ring (bicyclic) bond motifs is 1. The van der Waals surface area contributed by atoms with Gasteiger partial charge in [0.1, 0.15) is 21.6 Å². The Balaban J connectivity index is 1.93. The van der Waals surface area contributed by atoms with Crippen molar-refractivity contribution in [1.29, 1.82) is 0 Å². The minimum absolute atomic E-state index is 0.209. The van der Waals surface area contributed by atoms with Crippen molar-refractivity contribution in [3.8, 4) is 5.75 Å². The van der Waals surface area contributed by atoms with Crippen molar-refractivity contribution in [2.75, 3.05) is 5.75 Å². The van der Waals surface area contributed by atoms with Gasteiger partial charge in [-0.1, -0.05) is 0 Å². The highest BCUT2D eigenvalue weighted by Crippen LogP contribution is 2.35. The Morgan fingerprint density at radius 3 is 2.28 bits per heavy atom. The van der Waals surface area contributed by atoms with Gasteiger partial charge in [-0.15, -0.1) is 11.8 Å². The van der Waals surface area contributed by atoms with E-state index in [2.05, 4.69) is 15.9 Å². The largest absolute Gasteiger partial charge is 0.476 e. The molecular formula is C21H21BrO9S. The van der Waals surface area contributed by atoms with E-state index in [0.717, 1.165) is 0 Å². The Hall–Kier alpha value is -2.53. The van der Waals surface area contributed by atoms with Gasteiger partial charge in [-0.25, -0.2) is 0 Å². The Labute approximate surface area is 195 Å². The lowest BCUT2D eigenvalue weighted by Gasteiger charge is -2.39. The third-order valence-electron chi connectivity index (χ3n) is 4.53. The molecule has 11 heteroatoms. The van der Waals surface area contributed by atoms with E-state index in [1.54, 1.807) is 25.1 Å². The molecule has 1 aliphatic heterocycles.